The molecule has 0 saturated carbocycles. The van der Waals surface area contributed by atoms with Crippen molar-refractivity contribution in [1.82, 2.24) is 14.5 Å². The fraction of sp³-hybridized carbons (Fsp3) is 0.412. The summed E-state index contributed by atoms with van der Waals surface area (Å²) in [6, 6.07) is 8.61. The van der Waals surface area contributed by atoms with Crippen molar-refractivity contribution < 1.29 is 4.79 Å². The van der Waals surface area contributed by atoms with E-state index in [1.807, 2.05) is 29.4 Å². The quantitative estimate of drug-likeness (QED) is 0.811. The maximum absolute atomic E-state index is 12.0. The second-order valence-corrected chi connectivity index (χ2v) is 5.46. The molecule has 2 heterocycles. The lowest BCUT2D eigenvalue weighted by atomic mass is 10.0. The molecular formula is C17H19N3O. The molecule has 21 heavy (non-hydrogen) atoms. The second-order valence-electron chi connectivity index (χ2n) is 5.46. The number of likely N-dealkylation sites (tertiary alicyclic amines) is 1. The topological polar surface area (TPSA) is 38.1 Å². The Morgan fingerprint density at radius 2 is 2.10 bits per heavy atom. The highest BCUT2D eigenvalue weighted by atomic mass is 16.2. The minimum atomic E-state index is 0.182. The number of benzene rings is 1. The van der Waals surface area contributed by atoms with Crippen molar-refractivity contribution >= 4 is 16.9 Å². The van der Waals surface area contributed by atoms with Crippen molar-refractivity contribution in [3.8, 4) is 12.3 Å². The van der Waals surface area contributed by atoms with E-state index in [4.69, 9.17) is 6.42 Å². The molecule has 1 aliphatic heterocycles. The van der Waals surface area contributed by atoms with Crippen molar-refractivity contribution in [2.24, 2.45) is 0 Å². The third kappa shape index (κ3) is 2.78. The summed E-state index contributed by atoms with van der Waals surface area (Å²) in [4.78, 5) is 18.4. The van der Waals surface area contributed by atoms with Crippen LogP contribution in [0.4, 0.5) is 0 Å². The van der Waals surface area contributed by atoms with Gasteiger partial charge in [-0.1, -0.05) is 12.1 Å². The number of carbonyl (C=O) groups is 1. The molecule has 108 valence electrons. The van der Waals surface area contributed by atoms with Gasteiger partial charge in [-0.3, -0.25) is 4.79 Å². The molecule has 0 atom stereocenters. The highest BCUT2D eigenvalue weighted by Gasteiger charge is 2.24. The van der Waals surface area contributed by atoms with Crippen LogP contribution in [0.5, 0.6) is 0 Å². The molecule has 3 rings (SSSR count). The van der Waals surface area contributed by atoms with Gasteiger partial charge in [0, 0.05) is 32.0 Å². The standard InChI is InChI=1S/C17H19N3O/c1-2-3-8-17(21)19-11-9-14(10-12-19)20-13-18-15-6-4-5-7-16(15)20/h1,4-7,13-14H,3,8-12H2. The van der Waals surface area contributed by atoms with Gasteiger partial charge in [0.05, 0.1) is 17.4 Å². The van der Waals surface area contributed by atoms with Crippen LogP contribution in [0.2, 0.25) is 0 Å². The average Bonchev–Trinajstić information content (AvgIpc) is 2.97. The third-order valence-corrected chi connectivity index (χ3v) is 4.17. The van der Waals surface area contributed by atoms with Crippen LogP contribution in [-0.4, -0.2) is 33.4 Å². The molecule has 2 aromatic rings. The van der Waals surface area contributed by atoms with Crippen LogP contribution in [0.25, 0.3) is 11.0 Å². The predicted molar refractivity (Wildman–Crippen MR) is 82.7 cm³/mol. The summed E-state index contributed by atoms with van der Waals surface area (Å²) in [5.74, 6) is 2.71. The number of fused-ring (bicyclic) bond motifs is 1. The maximum atomic E-state index is 12.0. The number of amides is 1. The Balaban J connectivity index is 1.66. The zero-order chi connectivity index (χ0) is 14.7. The molecule has 0 aliphatic carbocycles. The Morgan fingerprint density at radius 3 is 2.86 bits per heavy atom. The lowest BCUT2D eigenvalue weighted by Gasteiger charge is -2.32. The van der Waals surface area contributed by atoms with Gasteiger partial charge >= 0.3 is 0 Å². The fourth-order valence-corrected chi connectivity index (χ4v) is 3.00. The van der Waals surface area contributed by atoms with E-state index in [9.17, 15) is 4.79 Å². The molecule has 0 unspecified atom stereocenters. The Bertz CT molecular complexity index is 675. The van der Waals surface area contributed by atoms with Crippen LogP contribution in [-0.2, 0) is 4.79 Å². The maximum Gasteiger partial charge on any atom is 0.223 e. The van der Waals surface area contributed by atoms with E-state index < -0.39 is 0 Å². The minimum absolute atomic E-state index is 0.182. The van der Waals surface area contributed by atoms with Crippen LogP contribution in [0.3, 0.4) is 0 Å². The van der Waals surface area contributed by atoms with Crippen molar-refractivity contribution in [2.45, 2.75) is 31.7 Å². The zero-order valence-electron chi connectivity index (χ0n) is 12.0. The number of nitrogens with zero attached hydrogens (tertiary/aromatic N) is 3. The number of imidazole rings is 1. The number of carbonyl (C=O) groups excluding carboxylic acids is 1. The number of terminal acetylenes is 1. The molecule has 1 saturated heterocycles. The summed E-state index contributed by atoms with van der Waals surface area (Å²) in [6.07, 6.45) is 10.1. The highest BCUT2D eigenvalue weighted by molar-refractivity contribution is 5.77. The largest absolute Gasteiger partial charge is 0.343 e. The molecule has 0 N–H and O–H groups in total. The zero-order valence-corrected chi connectivity index (χ0v) is 12.0. The van der Waals surface area contributed by atoms with Gasteiger partial charge in [0.25, 0.3) is 0 Å². The summed E-state index contributed by atoms with van der Waals surface area (Å²) in [6.45, 7) is 1.61. The smallest absolute Gasteiger partial charge is 0.223 e. The molecule has 1 amide bonds. The van der Waals surface area contributed by atoms with Crippen molar-refractivity contribution in [3.63, 3.8) is 0 Å². The van der Waals surface area contributed by atoms with E-state index in [-0.39, 0.29) is 5.91 Å². The van der Waals surface area contributed by atoms with E-state index in [1.54, 1.807) is 0 Å². The Morgan fingerprint density at radius 1 is 1.33 bits per heavy atom. The van der Waals surface area contributed by atoms with Gasteiger partial charge < -0.3 is 9.47 Å². The first-order valence-corrected chi connectivity index (χ1v) is 7.42. The second kappa shape index (κ2) is 6.01. The molecule has 1 aromatic heterocycles. The van der Waals surface area contributed by atoms with Gasteiger partial charge in [0.2, 0.25) is 5.91 Å². The molecule has 4 heteroatoms. The summed E-state index contributed by atoms with van der Waals surface area (Å²) < 4.78 is 2.25. The van der Waals surface area contributed by atoms with Crippen LogP contribution in [0, 0.1) is 12.3 Å². The minimum Gasteiger partial charge on any atom is -0.343 e. The number of aromatic nitrogens is 2. The van der Waals surface area contributed by atoms with Crippen LogP contribution in [0.15, 0.2) is 30.6 Å². The van der Waals surface area contributed by atoms with Crippen molar-refractivity contribution in [3.05, 3.63) is 30.6 Å². The molecule has 0 radical (unpaired) electrons. The molecule has 0 bridgehead atoms. The first-order valence-electron chi connectivity index (χ1n) is 7.42. The van der Waals surface area contributed by atoms with Gasteiger partial charge in [0.1, 0.15) is 0 Å². The number of hydrogen-bond acceptors (Lipinski definition) is 2. The lowest BCUT2D eigenvalue weighted by molar-refractivity contribution is -0.132. The van der Waals surface area contributed by atoms with Gasteiger partial charge in [-0.15, -0.1) is 12.3 Å². The fourth-order valence-electron chi connectivity index (χ4n) is 3.00. The normalized spacial score (nSPS) is 16.0. The van der Waals surface area contributed by atoms with E-state index >= 15 is 0 Å². The summed E-state index contributed by atoms with van der Waals surface area (Å²) in [5.41, 5.74) is 2.21. The molecule has 1 fully saturated rings. The molecule has 0 spiro atoms. The first kappa shape index (κ1) is 13.7. The van der Waals surface area contributed by atoms with Gasteiger partial charge in [-0.25, -0.2) is 4.98 Å². The lowest BCUT2D eigenvalue weighted by Crippen LogP contribution is -2.38. The number of piperidine rings is 1. The van der Waals surface area contributed by atoms with Gasteiger partial charge in [0.15, 0.2) is 0 Å². The molecular weight excluding hydrogens is 262 g/mol. The van der Waals surface area contributed by atoms with Gasteiger partial charge in [-0.05, 0) is 25.0 Å². The Kier molecular flexibility index (Phi) is 3.92. The summed E-state index contributed by atoms with van der Waals surface area (Å²) >= 11 is 0. The summed E-state index contributed by atoms with van der Waals surface area (Å²) in [7, 11) is 0. The number of hydrogen-bond donors (Lipinski definition) is 0. The predicted octanol–water partition coefficient (Wildman–Crippen LogP) is 2.61. The molecule has 1 aromatic carbocycles. The number of para-hydroxylation sites is 2. The highest BCUT2D eigenvalue weighted by Crippen LogP contribution is 2.26. The Hall–Kier alpha value is -2.28. The average molecular weight is 281 g/mol. The van der Waals surface area contributed by atoms with E-state index in [1.165, 1.54) is 5.52 Å². The van der Waals surface area contributed by atoms with Crippen LogP contribution >= 0.6 is 0 Å². The monoisotopic (exact) mass is 281 g/mol. The Labute approximate surface area is 124 Å². The summed E-state index contributed by atoms with van der Waals surface area (Å²) in [5, 5.41) is 0. The van der Waals surface area contributed by atoms with Crippen LogP contribution < -0.4 is 0 Å². The number of rotatable bonds is 3. The van der Waals surface area contributed by atoms with E-state index in [0.717, 1.165) is 31.4 Å². The molecule has 4 nitrogen and oxygen atoms in total. The molecule has 1 aliphatic rings. The first-order chi connectivity index (χ1) is 10.3. The van der Waals surface area contributed by atoms with Crippen molar-refractivity contribution in [2.75, 3.05) is 13.1 Å². The third-order valence-electron chi connectivity index (χ3n) is 4.17. The van der Waals surface area contributed by atoms with E-state index in [0.29, 0.717) is 18.9 Å². The van der Waals surface area contributed by atoms with Gasteiger partial charge in [-0.2, -0.15) is 0 Å². The van der Waals surface area contributed by atoms with Crippen molar-refractivity contribution in [1.29, 1.82) is 0 Å². The van der Waals surface area contributed by atoms with Crippen LogP contribution in [0.1, 0.15) is 31.7 Å². The van der Waals surface area contributed by atoms with E-state index in [2.05, 4.69) is 21.5 Å². The SMILES string of the molecule is C#CCCC(=O)N1CCC(n2cnc3ccccc32)CC1.